The summed E-state index contributed by atoms with van der Waals surface area (Å²) in [6, 6.07) is 4.99. The highest BCUT2D eigenvalue weighted by Gasteiger charge is 2.23. The Kier molecular flexibility index (Phi) is 3.46. The molecule has 1 aromatic rings. The van der Waals surface area contributed by atoms with Crippen molar-refractivity contribution in [2.24, 2.45) is 0 Å². The maximum Gasteiger partial charge on any atom is 0.321 e. The summed E-state index contributed by atoms with van der Waals surface area (Å²) in [4.78, 5) is 0. The van der Waals surface area contributed by atoms with E-state index in [1.165, 1.54) is 0 Å². The summed E-state index contributed by atoms with van der Waals surface area (Å²) in [6.45, 7) is 6.45. The van der Waals surface area contributed by atoms with Crippen molar-refractivity contribution in [3.05, 3.63) is 23.8 Å². The normalized spacial score (nSPS) is 18.3. The summed E-state index contributed by atoms with van der Waals surface area (Å²) >= 11 is 0. The third kappa shape index (κ3) is 3.59. The van der Waals surface area contributed by atoms with Crippen molar-refractivity contribution in [1.29, 1.82) is 0 Å². The lowest BCUT2D eigenvalue weighted by Gasteiger charge is -2.23. The predicted octanol–water partition coefficient (Wildman–Crippen LogP) is 1.19. The molecule has 106 valence electrons. The van der Waals surface area contributed by atoms with Gasteiger partial charge in [0, 0.05) is 12.1 Å². The van der Waals surface area contributed by atoms with Gasteiger partial charge in [0.1, 0.15) is 0 Å². The summed E-state index contributed by atoms with van der Waals surface area (Å²) in [5.74, 6) is 0. The molecule has 7 heteroatoms. The van der Waals surface area contributed by atoms with Crippen molar-refractivity contribution < 1.29 is 13.5 Å². The number of benzene rings is 1. The molecule has 0 saturated carbocycles. The largest absolute Gasteiger partial charge is 0.387 e. The van der Waals surface area contributed by atoms with E-state index in [-0.39, 0.29) is 5.54 Å². The van der Waals surface area contributed by atoms with Gasteiger partial charge in [0.2, 0.25) is 0 Å². The molecule has 1 unspecified atom stereocenters. The Balaban J connectivity index is 2.11. The molecule has 19 heavy (non-hydrogen) atoms. The van der Waals surface area contributed by atoms with E-state index in [9.17, 15) is 13.5 Å². The number of aliphatic hydroxyl groups excluding tert-OH is 1. The number of fused-ring (bicyclic) bond motifs is 1. The van der Waals surface area contributed by atoms with E-state index in [0.717, 1.165) is 0 Å². The third-order valence-electron chi connectivity index (χ3n) is 2.74. The zero-order chi connectivity index (χ0) is 14.3. The summed E-state index contributed by atoms with van der Waals surface area (Å²) in [5, 5.41) is 13.3. The van der Waals surface area contributed by atoms with Gasteiger partial charge in [-0.25, -0.2) is 0 Å². The van der Waals surface area contributed by atoms with Crippen LogP contribution in [-0.4, -0.2) is 25.6 Å². The Labute approximate surface area is 113 Å². The first-order valence-corrected chi connectivity index (χ1v) is 7.52. The first-order valence-electron chi connectivity index (χ1n) is 6.04. The highest BCUT2D eigenvalue weighted by atomic mass is 32.2. The van der Waals surface area contributed by atoms with Gasteiger partial charge in [0.15, 0.2) is 0 Å². The lowest BCUT2D eigenvalue weighted by atomic mass is 10.1. The SMILES string of the molecule is CC(C)(C)NCC(O)c1ccc2c(c1)NS(=O)(=O)N2. The van der Waals surface area contributed by atoms with E-state index in [1.807, 2.05) is 20.8 Å². The second-order valence-corrected chi connectivity index (χ2v) is 7.07. The van der Waals surface area contributed by atoms with Crippen LogP contribution in [0.25, 0.3) is 0 Å². The Bertz CT molecular complexity index is 578. The van der Waals surface area contributed by atoms with Crippen LogP contribution in [0.2, 0.25) is 0 Å². The van der Waals surface area contributed by atoms with Gasteiger partial charge >= 0.3 is 10.2 Å². The summed E-state index contributed by atoms with van der Waals surface area (Å²) in [5.41, 5.74) is 1.55. The van der Waals surface area contributed by atoms with Gasteiger partial charge in [-0.3, -0.25) is 9.44 Å². The molecule has 0 aliphatic carbocycles. The molecule has 1 heterocycles. The molecule has 4 N–H and O–H groups in total. The lowest BCUT2D eigenvalue weighted by Crippen LogP contribution is -2.38. The Hall–Kier alpha value is -1.31. The van der Waals surface area contributed by atoms with Gasteiger partial charge in [0.25, 0.3) is 0 Å². The van der Waals surface area contributed by atoms with Gasteiger partial charge in [0.05, 0.1) is 17.5 Å². The average molecular weight is 285 g/mol. The van der Waals surface area contributed by atoms with E-state index >= 15 is 0 Å². The smallest absolute Gasteiger partial charge is 0.321 e. The summed E-state index contributed by atoms with van der Waals surface area (Å²) in [6.07, 6.45) is -0.686. The molecule has 1 atom stereocenters. The van der Waals surface area contributed by atoms with Gasteiger partial charge in [-0.05, 0) is 38.5 Å². The van der Waals surface area contributed by atoms with Gasteiger partial charge in [-0.1, -0.05) is 6.07 Å². The minimum atomic E-state index is -3.48. The van der Waals surface area contributed by atoms with Crippen LogP contribution in [0, 0.1) is 0 Å². The van der Waals surface area contributed by atoms with E-state index in [4.69, 9.17) is 0 Å². The van der Waals surface area contributed by atoms with Gasteiger partial charge in [-0.15, -0.1) is 0 Å². The van der Waals surface area contributed by atoms with Crippen LogP contribution in [0.1, 0.15) is 32.4 Å². The van der Waals surface area contributed by atoms with Gasteiger partial charge < -0.3 is 10.4 Å². The van der Waals surface area contributed by atoms with E-state index in [0.29, 0.717) is 23.5 Å². The molecule has 6 nitrogen and oxygen atoms in total. The molecule has 1 aromatic carbocycles. The first kappa shape index (κ1) is 14.1. The number of aliphatic hydroxyl groups is 1. The molecule has 0 aromatic heterocycles. The van der Waals surface area contributed by atoms with Crippen molar-refractivity contribution in [2.75, 3.05) is 16.0 Å². The molecule has 1 aliphatic rings. The van der Waals surface area contributed by atoms with Crippen LogP contribution < -0.4 is 14.8 Å². The topological polar surface area (TPSA) is 90.5 Å². The van der Waals surface area contributed by atoms with Crippen molar-refractivity contribution in [2.45, 2.75) is 32.4 Å². The maximum absolute atomic E-state index is 11.3. The standard InChI is InChI=1S/C12H19N3O3S/c1-12(2,3)13-7-11(16)8-4-5-9-10(6-8)15-19(17,18)14-9/h4-6,11,13-16H,7H2,1-3H3. The molecule has 1 aliphatic heterocycles. The second kappa shape index (κ2) is 4.66. The van der Waals surface area contributed by atoms with Crippen LogP contribution in [0.5, 0.6) is 0 Å². The first-order chi connectivity index (χ1) is 8.66. The maximum atomic E-state index is 11.3. The molecular weight excluding hydrogens is 266 g/mol. The Morgan fingerprint density at radius 1 is 1.26 bits per heavy atom. The van der Waals surface area contributed by atoms with Crippen molar-refractivity contribution >= 4 is 21.6 Å². The van der Waals surface area contributed by atoms with Crippen LogP contribution in [0.4, 0.5) is 11.4 Å². The van der Waals surface area contributed by atoms with Crippen molar-refractivity contribution in [1.82, 2.24) is 5.32 Å². The van der Waals surface area contributed by atoms with Crippen LogP contribution in [0.15, 0.2) is 18.2 Å². The molecular formula is C12H19N3O3S. The highest BCUT2D eigenvalue weighted by Crippen LogP contribution is 2.32. The molecule has 0 saturated heterocycles. The Morgan fingerprint density at radius 3 is 2.53 bits per heavy atom. The van der Waals surface area contributed by atoms with Gasteiger partial charge in [-0.2, -0.15) is 8.42 Å². The third-order valence-corrected chi connectivity index (χ3v) is 3.72. The van der Waals surface area contributed by atoms with Crippen LogP contribution in [-0.2, 0) is 10.2 Å². The zero-order valence-corrected chi connectivity index (χ0v) is 12.0. The fourth-order valence-corrected chi connectivity index (χ4v) is 2.76. The number of anilines is 2. The fraction of sp³-hybridized carbons (Fsp3) is 0.500. The number of β-amino-alcohol motifs (C(OH)–C–C–N with tert-alkyl or cyclic N) is 1. The monoisotopic (exact) mass is 285 g/mol. The van der Waals surface area contributed by atoms with E-state index in [1.54, 1.807) is 18.2 Å². The van der Waals surface area contributed by atoms with Crippen LogP contribution >= 0.6 is 0 Å². The molecule has 0 radical (unpaired) electrons. The molecule has 2 rings (SSSR count). The zero-order valence-electron chi connectivity index (χ0n) is 11.2. The minimum absolute atomic E-state index is 0.0825. The minimum Gasteiger partial charge on any atom is -0.387 e. The second-order valence-electron chi connectivity index (χ2n) is 5.66. The van der Waals surface area contributed by atoms with Crippen molar-refractivity contribution in [3.8, 4) is 0 Å². The predicted molar refractivity (Wildman–Crippen MR) is 75.3 cm³/mol. The number of hydrogen-bond donors (Lipinski definition) is 4. The van der Waals surface area contributed by atoms with Crippen LogP contribution in [0.3, 0.4) is 0 Å². The molecule has 0 fully saturated rings. The number of rotatable bonds is 3. The lowest BCUT2D eigenvalue weighted by molar-refractivity contribution is 0.163. The average Bonchev–Trinajstić information content (AvgIpc) is 2.57. The number of hydrogen-bond acceptors (Lipinski definition) is 4. The summed E-state index contributed by atoms with van der Waals surface area (Å²) in [7, 11) is -3.48. The van der Waals surface area contributed by atoms with Crippen molar-refractivity contribution in [3.63, 3.8) is 0 Å². The van der Waals surface area contributed by atoms with E-state index < -0.39 is 16.3 Å². The fourth-order valence-electron chi connectivity index (χ4n) is 1.78. The van der Waals surface area contributed by atoms with E-state index in [2.05, 4.69) is 14.8 Å². The number of nitrogens with one attached hydrogen (secondary N) is 3. The molecule has 0 spiro atoms. The molecule has 0 bridgehead atoms. The quantitative estimate of drug-likeness (QED) is 0.671. The molecule has 0 amide bonds. The highest BCUT2D eigenvalue weighted by molar-refractivity contribution is 7.94. The summed E-state index contributed by atoms with van der Waals surface area (Å²) < 4.78 is 27.4. The Morgan fingerprint density at radius 2 is 1.89 bits per heavy atom.